The minimum absolute atomic E-state index is 0.0776. The van der Waals surface area contributed by atoms with Crippen molar-refractivity contribution < 1.29 is 9.21 Å². The van der Waals surface area contributed by atoms with Crippen LogP contribution < -0.4 is 5.32 Å². The number of urea groups is 1. The molecule has 130 valence electrons. The topological polar surface area (TPSA) is 63.3 Å². The van der Waals surface area contributed by atoms with Crippen LogP contribution >= 0.6 is 0 Å². The van der Waals surface area contributed by atoms with Crippen molar-refractivity contribution in [2.24, 2.45) is 0 Å². The lowest BCUT2D eigenvalue weighted by atomic mass is 10.1. The Hall–Kier alpha value is -3.02. The Kier molecular flexibility index (Phi) is 5.51. The highest BCUT2D eigenvalue weighted by atomic mass is 16.3. The van der Waals surface area contributed by atoms with Gasteiger partial charge in [0.2, 0.25) is 0 Å². The average molecular weight is 338 g/mol. The van der Waals surface area contributed by atoms with Gasteiger partial charge in [0.05, 0.1) is 25.4 Å². The van der Waals surface area contributed by atoms with E-state index in [2.05, 4.69) is 22.4 Å². The number of nitrogens with one attached hydrogen (secondary N) is 1. The molecular formula is C19H22N4O2. The number of aromatic nitrogens is 2. The summed E-state index contributed by atoms with van der Waals surface area (Å²) in [5.74, 6) is 0. The van der Waals surface area contributed by atoms with E-state index in [1.807, 2.05) is 35.9 Å². The number of nitrogens with zero attached hydrogens (tertiary/aromatic N) is 3. The second-order valence-electron chi connectivity index (χ2n) is 5.86. The van der Waals surface area contributed by atoms with Gasteiger partial charge in [0, 0.05) is 37.6 Å². The first-order valence-electron chi connectivity index (χ1n) is 8.32. The summed E-state index contributed by atoms with van der Waals surface area (Å²) in [6.45, 7) is 4.45. The van der Waals surface area contributed by atoms with Gasteiger partial charge in [-0.15, -0.1) is 0 Å². The monoisotopic (exact) mass is 338 g/mol. The number of hydrogen-bond acceptors (Lipinski definition) is 3. The molecule has 0 fully saturated rings. The van der Waals surface area contributed by atoms with Gasteiger partial charge in [-0.25, -0.2) is 9.78 Å². The maximum absolute atomic E-state index is 12.3. The van der Waals surface area contributed by atoms with Crippen molar-refractivity contribution >= 4 is 6.03 Å². The zero-order valence-electron chi connectivity index (χ0n) is 14.3. The Morgan fingerprint density at radius 1 is 1.20 bits per heavy atom. The summed E-state index contributed by atoms with van der Waals surface area (Å²) in [4.78, 5) is 18.1. The lowest BCUT2D eigenvalue weighted by molar-refractivity contribution is 0.197. The van der Waals surface area contributed by atoms with Crippen LogP contribution in [-0.4, -0.2) is 27.0 Å². The molecule has 0 bridgehead atoms. The predicted molar refractivity (Wildman–Crippen MR) is 94.8 cm³/mol. The van der Waals surface area contributed by atoms with Crippen molar-refractivity contribution in [3.63, 3.8) is 0 Å². The van der Waals surface area contributed by atoms with Crippen LogP contribution in [0.15, 0.2) is 66.0 Å². The largest absolute Gasteiger partial charge is 0.472 e. The van der Waals surface area contributed by atoms with Crippen molar-refractivity contribution in [3.05, 3.63) is 78.3 Å². The highest BCUT2D eigenvalue weighted by molar-refractivity contribution is 5.74. The summed E-state index contributed by atoms with van der Waals surface area (Å²) in [5.41, 5.74) is 3.26. The maximum Gasteiger partial charge on any atom is 0.317 e. The van der Waals surface area contributed by atoms with Crippen molar-refractivity contribution in [2.45, 2.75) is 26.6 Å². The van der Waals surface area contributed by atoms with Gasteiger partial charge in [0.1, 0.15) is 0 Å². The van der Waals surface area contributed by atoms with Crippen LogP contribution in [0.3, 0.4) is 0 Å². The molecule has 1 aromatic carbocycles. The Balaban J connectivity index is 1.50. The van der Waals surface area contributed by atoms with Gasteiger partial charge in [-0.3, -0.25) is 0 Å². The van der Waals surface area contributed by atoms with Crippen molar-refractivity contribution in [3.8, 4) is 0 Å². The Morgan fingerprint density at radius 2 is 2.00 bits per heavy atom. The molecule has 0 aliphatic carbocycles. The summed E-state index contributed by atoms with van der Waals surface area (Å²) < 4.78 is 7.07. The number of carbonyl (C=O) groups excluding carboxylic acids is 1. The Labute approximate surface area is 147 Å². The van der Waals surface area contributed by atoms with E-state index in [-0.39, 0.29) is 6.03 Å². The number of hydrogen-bond donors (Lipinski definition) is 1. The van der Waals surface area contributed by atoms with Gasteiger partial charge in [-0.05, 0) is 24.1 Å². The molecule has 3 rings (SSSR count). The molecular weight excluding hydrogens is 316 g/mol. The standard InChI is InChI=1S/C19H22N4O2/c1-2-23(13-18-7-10-25-14-18)19(24)21-11-16-3-5-17(6-4-16)12-22-9-8-20-15-22/h3-10,14-15H,2,11-13H2,1H3,(H,21,24). The Bertz CT molecular complexity index is 764. The zero-order chi connectivity index (χ0) is 17.5. The molecule has 0 spiro atoms. The van der Waals surface area contributed by atoms with E-state index in [1.165, 1.54) is 5.56 Å². The molecule has 6 nitrogen and oxygen atoms in total. The lowest BCUT2D eigenvalue weighted by Gasteiger charge is -2.20. The molecule has 6 heteroatoms. The molecule has 0 radical (unpaired) electrons. The summed E-state index contributed by atoms with van der Waals surface area (Å²) >= 11 is 0. The van der Waals surface area contributed by atoms with E-state index in [1.54, 1.807) is 30.0 Å². The van der Waals surface area contributed by atoms with Gasteiger partial charge in [0.15, 0.2) is 0 Å². The van der Waals surface area contributed by atoms with Crippen LogP contribution in [0, 0.1) is 0 Å². The van der Waals surface area contributed by atoms with E-state index in [0.717, 1.165) is 17.7 Å². The minimum atomic E-state index is -0.0776. The first kappa shape index (κ1) is 16.8. The SMILES string of the molecule is CCN(Cc1ccoc1)C(=O)NCc1ccc(Cn2ccnc2)cc1. The van der Waals surface area contributed by atoms with E-state index in [9.17, 15) is 4.79 Å². The summed E-state index contributed by atoms with van der Waals surface area (Å²) in [7, 11) is 0. The molecule has 0 aliphatic rings. The van der Waals surface area contributed by atoms with Gasteiger partial charge in [-0.2, -0.15) is 0 Å². The van der Waals surface area contributed by atoms with Gasteiger partial charge in [-0.1, -0.05) is 24.3 Å². The molecule has 0 atom stereocenters. The van der Waals surface area contributed by atoms with Gasteiger partial charge >= 0.3 is 6.03 Å². The van der Waals surface area contributed by atoms with Crippen LogP contribution in [0.25, 0.3) is 0 Å². The van der Waals surface area contributed by atoms with E-state index in [0.29, 0.717) is 19.6 Å². The molecule has 0 saturated carbocycles. The predicted octanol–water partition coefficient (Wildman–Crippen LogP) is 3.26. The average Bonchev–Trinajstić information content (AvgIpc) is 3.32. The number of imidazole rings is 1. The lowest BCUT2D eigenvalue weighted by Crippen LogP contribution is -2.38. The fourth-order valence-electron chi connectivity index (χ4n) is 2.57. The number of benzene rings is 1. The van der Waals surface area contributed by atoms with Crippen LogP contribution in [-0.2, 0) is 19.6 Å². The molecule has 0 saturated heterocycles. The van der Waals surface area contributed by atoms with Crippen LogP contribution in [0.2, 0.25) is 0 Å². The second kappa shape index (κ2) is 8.19. The van der Waals surface area contributed by atoms with E-state index in [4.69, 9.17) is 4.42 Å². The van der Waals surface area contributed by atoms with Crippen LogP contribution in [0.1, 0.15) is 23.6 Å². The molecule has 1 N–H and O–H groups in total. The van der Waals surface area contributed by atoms with E-state index >= 15 is 0 Å². The van der Waals surface area contributed by atoms with Crippen molar-refractivity contribution in [1.82, 2.24) is 19.8 Å². The number of carbonyl (C=O) groups is 1. The number of amides is 2. The third-order valence-electron chi connectivity index (χ3n) is 4.01. The first-order chi connectivity index (χ1) is 12.2. The van der Waals surface area contributed by atoms with Crippen molar-refractivity contribution in [2.75, 3.05) is 6.54 Å². The first-order valence-corrected chi connectivity index (χ1v) is 8.32. The Morgan fingerprint density at radius 3 is 2.64 bits per heavy atom. The maximum atomic E-state index is 12.3. The second-order valence-corrected chi connectivity index (χ2v) is 5.86. The van der Waals surface area contributed by atoms with Crippen LogP contribution in [0.4, 0.5) is 4.79 Å². The molecule has 2 aromatic heterocycles. The van der Waals surface area contributed by atoms with Crippen LogP contribution in [0.5, 0.6) is 0 Å². The molecule has 25 heavy (non-hydrogen) atoms. The summed E-state index contributed by atoms with van der Waals surface area (Å²) in [6, 6.07) is 10.0. The van der Waals surface area contributed by atoms with E-state index < -0.39 is 0 Å². The third kappa shape index (κ3) is 4.73. The summed E-state index contributed by atoms with van der Waals surface area (Å²) in [6.07, 6.45) is 8.79. The number of furan rings is 1. The highest BCUT2D eigenvalue weighted by Gasteiger charge is 2.12. The molecule has 2 amide bonds. The molecule has 2 heterocycles. The zero-order valence-corrected chi connectivity index (χ0v) is 14.3. The van der Waals surface area contributed by atoms with Crippen molar-refractivity contribution in [1.29, 1.82) is 0 Å². The molecule has 3 aromatic rings. The molecule has 0 aliphatic heterocycles. The fraction of sp³-hybridized carbons (Fsp3) is 0.263. The minimum Gasteiger partial charge on any atom is -0.472 e. The third-order valence-corrected chi connectivity index (χ3v) is 4.01. The highest BCUT2D eigenvalue weighted by Crippen LogP contribution is 2.08. The number of rotatable bonds is 7. The summed E-state index contributed by atoms with van der Waals surface area (Å²) in [5, 5.41) is 2.97. The van der Waals surface area contributed by atoms with Gasteiger partial charge < -0.3 is 19.2 Å². The quantitative estimate of drug-likeness (QED) is 0.719. The normalized spacial score (nSPS) is 10.6. The fourth-order valence-corrected chi connectivity index (χ4v) is 2.57. The smallest absolute Gasteiger partial charge is 0.317 e. The molecule has 0 unspecified atom stereocenters. The van der Waals surface area contributed by atoms with Gasteiger partial charge in [0.25, 0.3) is 0 Å².